The van der Waals surface area contributed by atoms with Gasteiger partial charge in [0.1, 0.15) is 0 Å². The second-order valence-electron chi connectivity index (χ2n) is 3.27. The van der Waals surface area contributed by atoms with Crippen LogP contribution >= 0.6 is 0 Å². The third-order valence-corrected chi connectivity index (χ3v) is 1.94. The average Bonchev–Trinajstić information content (AvgIpc) is 2.48. The molecule has 0 fully saturated rings. The van der Waals surface area contributed by atoms with Crippen LogP contribution in [-0.4, -0.2) is 23.1 Å². The molecule has 0 aromatic carbocycles. The first kappa shape index (κ1) is 9.26. The predicted molar refractivity (Wildman–Crippen MR) is 50.2 cm³/mol. The zero-order valence-corrected chi connectivity index (χ0v) is 8.04. The fourth-order valence-corrected chi connectivity index (χ4v) is 1.23. The SMILES string of the molecule is CNCCn1cncc1C(C)C. The van der Waals surface area contributed by atoms with Crippen molar-refractivity contribution in [1.29, 1.82) is 0 Å². The van der Waals surface area contributed by atoms with E-state index in [0.717, 1.165) is 13.1 Å². The van der Waals surface area contributed by atoms with E-state index in [4.69, 9.17) is 0 Å². The summed E-state index contributed by atoms with van der Waals surface area (Å²) in [6.45, 7) is 6.37. The summed E-state index contributed by atoms with van der Waals surface area (Å²) in [6.07, 6.45) is 3.84. The van der Waals surface area contributed by atoms with Crippen LogP contribution in [0.25, 0.3) is 0 Å². The van der Waals surface area contributed by atoms with Crippen LogP contribution in [0.15, 0.2) is 12.5 Å². The number of likely N-dealkylation sites (N-methyl/N-ethyl adjacent to an activating group) is 1. The highest BCUT2D eigenvalue weighted by molar-refractivity contribution is 5.03. The van der Waals surface area contributed by atoms with E-state index in [0.29, 0.717) is 5.92 Å². The molecular formula is C9H17N3. The molecule has 0 radical (unpaired) electrons. The van der Waals surface area contributed by atoms with E-state index in [2.05, 4.69) is 28.7 Å². The van der Waals surface area contributed by atoms with Crippen molar-refractivity contribution in [3.05, 3.63) is 18.2 Å². The molecule has 0 amide bonds. The van der Waals surface area contributed by atoms with Crippen LogP contribution in [0.1, 0.15) is 25.5 Å². The fraction of sp³-hybridized carbons (Fsp3) is 0.667. The normalized spacial score (nSPS) is 11.0. The van der Waals surface area contributed by atoms with Gasteiger partial charge in [0.05, 0.1) is 6.33 Å². The Hall–Kier alpha value is -0.830. The Morgan fingerprint density at radius 3 is 2.92 bits per heavy atom. The summed E-state index contributed by atoms with van der Waals surface area (Å²) >= 11 is 0. The Bertz CT molecular complexity index is 227. The lowest BCUT2D eigenvalue weighted by molar-refractivity contribution is 0.604. The number of nitrogens with one attached hydrogen (secondary N) is 1. The highest BCUT2D eigenvalue weighted by atomic mass is 15.1. The molecule has 12 heavy (non-hydrogen) atoms. The van der Waals surface area contributed by atoms with Crippen LogP contribution in [0.5, 0.6) is 0 Å². The number of nitrogens with zero attached hydrogens (tertiary/aromatic N) is 2. The molecule has 0 saturated heterocycles. The third kappa shape index (κ3) is 2.08. The lowest BCUT2D eigenvalue weighted by Gasteiger charge is -2.09. The first-order valence-electron chi connectivity index (χ1n) is 4.40. The molecule has 3 nitrogen and oxygen atoms in total. The second kappa shape index (κ2) is 4.26. The second-order valence-corrected chi connectivity index (χ2v) is 3.27. The van der Waals surface area contributed by atoms with Crippen LogP contribution in [0.4, 0.5) is 0 Å². The lowest BCUT2D eigenvalue weighted by atomic mass is 10.1. The molecule has 0 bridgehead atoms. The van der Waals surface area contributed by atoms with Crippen LogP contribution in [0, 0.1) is 0 Å². The highest BCUT2D eigenvalue weighted by Crippen LogP contribution is 2.12. The molecule has 0 aliphatic heterocycles. The minimum atomic E-state index is 0.560. The maximum atomic E-state index is 4.13. The monoisotopic (exact) mass is 167 g/mol. The molecule has 0 atom stereocenters. The van der Waals surface area contributed by atoms with Crippen molar-refractivity contribution >= 4 is 0 Å². The van der Waals surface area contributed by atoms with Gasteiger partial charge in [0.15, 0.2) is 0 Å². The summed E-state index contributed by atoms with van der Waals surface area (Å²) in [6, 6.07) is 0. The van der Waals surface area contributed by atoms with Crippen molar-refractivity contribution in [2.75, 3.05) is 13.6 Å². The van der Waals surface area contributed by atoms with Gasteiger partial charge in [0, 0.05) is 25.0 Å². The maximum Gasteiger partial charge on any atom is 0.0948 e. The first-order valence-corrected chi connectivity index (χ1v) is 4.40. The summed E-state index contributed by atoms with van der Waals surface area (Å²) in [7, 11) is 1.96. The fourth-order valence-electron chi connectivity index (χ4n) is 1.23. The number of aromatic nitrogens is 2. The Kier molecular flexibility index (Phi) is 3.29. The molecule has 1 aromatic rings. The van der Waals surface area contributed by atoms with Gasteiger partial charge in [-0.3, -0.25) is 0 Å². The van der Waals surface area contributed by atoms with Crippen molar-refractivity contribution in [2.24, 2.45) is 0 Å². The summed E-state index contributed by atoms with van der Waals surface area (Å²) < 4.78 is 2.20. The summed E-state index contributed by atoms with van der Waals surface area (Å²) in [5.41, 5.74) is 1.31. The summed E-state index contributed by atoms with van der Waals surface area (Å²) in [5, 5.41) is 3.12. The van der Waals surface area contributed by atoms with Crippen LogP contribution in [0.3, 0.4) is 0 Å². The molecule has 1 N–H and O–H groups in total. The van der Waals surface area contributed by atoms with Crippen molar-refractivity contribution in [3.63, 3.8) is 0 Å². The summed E-state index contributed by atoms with van der Waals surface area (Å²) in [4.78, 5) is 4.13. The molecule has 0 saturated carbocycles. The van der Waals surface area contributed by atoms with E-state index in [1.807, 2.05) is 19.6 Å². The van der Waals surface area contributed by atoms with Crippen LogP contribution in [-0.2, 0) is 6.54 Å². The Morgan fingerprint density at radius 2 is 2.33 bits per heavy atom. The first-order chi connectivity index (χ1) is 5.75. The molecule has 0 unspecified atom stereocenters. The van der Waals surface area contributed by atoms with Gasteiger partial charge in [0.2, 0.25) is 0 Å². The minimum absolute atomic E-state index is 0.560. The van der Waals surface area contributed by atoms with E-state index in [1.54, 1.807) is 0 Å². The molecule has 1 rings (SSSR count). The van der Waals surface area contributed by atoms with E-state index >= 15 is 0 Å². The standard InChI is InChI=1S/C9H17N3/c1-8(2)9-6-11-7-12(9)5-4-10-3/h6-8,10H,4-5H2,1-3H3. The molecule has 1 aromatic heterocycles. The highest BCUT2D eigenvalue weighted by Gasteiger charge is 2.04. The minimum Gasteiger partial charge on any atom is -0.333 e. The average molecular weight is 167 g/mol. The van der Waals surface area contributed by atoms with E-state index in [-0.39, 0.29) is 0 Å². The predicted octanol–water partition coefficient (Wildman–Crippen LogP) is 1.23. The number of hydrogen-bond acceptors (Lipinski definition) is 2. The van der Waals surface area contributed by atoms with Gasteiger partial charge in [-0.2, -0.15) is 0 Å². The lowest BCUT2D eigenvalue weighted by Crippen LogP contribution is -2.16. The number of hydrogen-bond donors (Lipinski definition) is 1. The molecule has 68 valence electrons. The number of imidazole rings is 1. The van der Waals surface area contributed by atoms with Crippen molar-refractivity contribution in [1.82, 2.24) is 14.9 Å². The van der Waals surface area contributed by atoms with Gasteiger partial charge in [-0.1, -0.05) is 13.8 Å². The molecule has 0 spiro atoms. The van der Waals surface area contributed by atoms with Crippen LogP contribution < -0.4 is 5.32 Å². The molecule has 0 aliphatic rings. The Balaban J connectivity index is 2.64. The third-order valence-electron chi connectivity index (χ3n) is 1.94. The largest absolute Gasteiger partial charge is 0.333 e. The quantitative estimate of drug-likeness (QED) is 0.731. The van der Waals surface area contributed by atoms with E-state index in [1.165, 1.54) is 5.69 Å². The van der Waals surface area contributed by atoms with Gasteiger partial charge in [-0.15, -0.1) is 0 Å². The topological polar surface area (TPSA) is 29.9 Å². The smallest absolute Gasteiger partial charge is 0.0948 e. The Labute approximate surface area is 73.8 Å². The van der Waals surface area contributed by atoms with Gasteiger partial charge >= 0.3 is 0 Å². The maximum absolute atomic E-state index is 4.13. The summed E-state index contributed by atoms with van der Waals surface area (Å²) in [5.74, 6) is 0.560. The Morgan fingerprint density at radius 1 is 1.58 bits per heavy atom. The molecule has 1 heterocycles. The molecular weight excluding hydrogens is 150 g/mol. The zero-order valence-electron chi connectivity index (χ0n) is 8.04. The van der Waals surface area contributed by atoms with Crippen molar-refractivity contribution < 1.29 is 0 Å². The van der Waals surface area contributed by atoms with Gasteiger partial charge in [0.25, 0.3) is 0 Å². The van der Waals surface area contributed by atoms with Gasteiger partial charge in [-0.25, -0.2) is 4.98 Å². The van der Waals surface area contributed by atoms with E-state index < -0.39 is 0 Å². The van der Waals surface area contributed by atoms with Crippen LogP contribution in [0.2, 0.25) is 0 Å². The number of rotatable bonds is 4. The molecule has 0 aliphatic carbocycles. The zero-order chi connectivity index (χ0) is 8.97. The van der Waals surface area contributed by atoms with Crippen molar-refractivity contribution in [2.45, 2.75) is 26.3 Å². The van der Waals surface area contributed by atoms with Gasteiger partial charge < -0.3 is 9.88 Å². The van der Waals surface area contributed by atoms with Crippen molar-refractivity contribution in [3.8, 4) is 0 Å². The van der Waals surface area contributed by atoms with E-state index in [9.17, 15) is 0 Å². The van der Waals surface area contributed by atoms with Gasteiger partial charge in [-0.05, 0) is 13.0 Å². The molecule has 3 heteroatoms.